The Hall–Kier alpha value is -3.61. The van der Waals surface area contributed by atoms with E-state index in [1.54, 1.807) is 49.4 Å². The number of carbonyl (C=O) groups is 3. The third kappa shape index (κ3) is 5.30. The SMILES string of the molecule is Cc1c(Cl)cccc1N1C(=O)C(Cl)=C(Nc2ccc(CC(=O)Nc3ccc(C(C)C)cc3)cc2)C1=O. The number of hydrogen-bond donors (Lipinski definition) is 2. The van der Waals surface area contributed by atoms with E-state index in [1.165, 1.54) is 5.56 Å². The van der Waals surface area contributed by atoms with E-state index in [-0.39, 0.29) is 23.1 Å². The highest BCUT2D eigenvalue weighted by Crippen LogP contribution is 2.34. The first kappa shape index (κ1) is 25.5. The van der Waals surface area contributed by atoms with Crippen LogP contribution in [0, 0.1) is 6.92 Å². The Labute approximate surface area is 219 Å². The summed E-state index contributed by atoms with van der Waals surface area (Å²) in [7, 11) is 0. The summed E-state index contributed by atoms with van der Waals surface area (Å²) in [4.78, 5) is 39.3. The van der Waals surface area contributed by atoms with Gasteiger partial charge in [-0.3, -0.25) is 14.4 Å². The molecule has 0 aliphatic carbocycles. The van der Waals surface area contributed by atoms with Crippen molar-refractivity contribution in [3.05, 3.63) is 99.2 Å². The van der Waals surface area contributed by atoms with Gasteiger partial charge in [0.25, 0.3) is 11.8 Å². The van der Waals surface area contributed by atoms with Gasteiger partial charge < -0.3 is 10.6 Å². The lowest BCUT2D eigenvalue weighted by Gasteiger charge is -2.18. The zero-order valence-electron chi connectivity index (χ0n) is 20.1. The second kappa shape index (κ2) is 10.6. The van der Waals surface area contributed by atoms with Crippen LogP contribution in [0.2, 0.25) is 5.02 Å². The molecule has 0 atom stereocenters. The van der Waals surface area contributed by atoms with E-state index < -0.39 is 11.8 Å². The van der Waals surface area contributed by atoms with Gasteiger partial charge >= 0.3 is 0 Å². The van der Waals surface area contributed by atoms with Crippen LogP contribution in [0.4, 0.5) is 17.1 Å². The van der Waals surface area contributed by atoms with Crippen LogP contribution in [0.5, 0.6) is 0 Å². The van der Waals surface area contributed by atoms with Crippen molar-refractivity contribution in [1.29, 1.82) is 0 Å². The smallest absolute Gasteiger partial charge is 0.283 e. The molecular weight excluding hydrogens is 497 g/mol. The minimum atomic E-state index is -0.621. The Bertz CT molecular complexity index is 1360. The Morgan fingerprint density at radius 3 is 2.17 bits per heavy atom. The predicted molar refractivity (Wildman–Crippen MR) is 144 cm³/mol. The molecule has 1 aliphatic heterocycles. The summed E-state index contributed by atoms with van der Waals surface area (Å²) in [5.41, 5.74) is 4.27. The fourth-order valence-electron chi connectivity index (χ4n) is 3.86. The van der Waals surface area contributed by atoms with Crippen LogP contribution in [0.25, 0.3) is 0 Å². The lowest BCUT2D eigenvalue weighted by atomic mass is 10.0. The second-order valence-electron chi connectivity index (χ2n) is 8.84. The standard InChI is InChI=1S/C28H25Cl2N3O3/c1-16(2)19-9-13-20(14-10-19)31-24(34)15-18-7-11-21(12-8-18)32-26-25(30)27(35)33(28(26)36)23-6-4-5-22(29)17(23)3/h4-14,16,32H,15H2,1-3H3,(H,31,34). The molecule has 0 unspecified atom stereocenters. The molecule has 184 valence electrons. The number of halogens is 2. The molecule has 36 heavy (non-hydrogen) atoms. The molecule has 1 heterocycles. The average Bonchev–Trinajstić information content (AvgIpc) is 3.05. The minimum Gasteiger partial charge on any atom is -0.350 e. The van der Waals surface area contributed by atoms with Crippen molar-refractivity contribution >= 4 is 58.0 Å². The predicted octanol–water partition coefficient (Wildman–Crippen LogP) is 6.39. The summed E-state index contributed by atoms with van der Waals surface area (Å²) in [5, 5.41) is 6.08. The van der Waals surface area contributed by atoms with Gasteiger partial charge in [0.05, 0.1) is 12.1 Å². The van der Waals surface area contributed by atoms with Gasteiger partial charge in [-0.05, 0) is 65.9 Å². The van der Waals surface area contributed by atoms with Gasteiger partial charge in [-0.25, -0.2) is 4.90 Å². The second-order valence-corrected chi connectivity index (χ2v) is 9.63. The lowest BCUT2D eigenvalue weighted by Crippen LogP contribution is -2.32. The van der Waals surface area contributed by atoms with E-state index >= 15 is 0 Å². The molecular formula is C28H25Cl2N3O3. The highest BCUT2D eigenvalue weighted by Gasteiger charge is 2.39. The maximum atomic E-state index is 13.0. The normalized spacial score (nSPS) is 13.6. The number of nitrogens with one attached hydrogen (secondary N) is 2. The first-order valence-electron chi connectivity index (χ1n) is 11.4. The van der Waals surface area contributed by atoms with Crippen molar-refractivity contribution in [2.45, 2.75) is 33.1 Å². The van der Waals surface area contributed by atoms with Crippen molar-refractivity contribution in [1.82, 2.24) is 0 Å². The van der Waals surface area contributed by atoms with Crippen molar-refractivity contribution in [2.75, 3.05) is 15.5 Å². The highest BCUT2D eigenvalue weighted by molar-refractivity contribution is 6.53. The molecule has 8 heteroatoms. The minimum absolute atomic E-state index is 0.0172. The quantitative estimate of drug-likeness (QED) is 0.353. The molecule has 4 rings (SSSR count). The number of benzene rings is 3. The Morgan fingerprint density at radius 1 is 0.889 bits per heavy atom. The number of carbonyl (C=O) groups excluding carboxylic acids is 3. The summed E-state index contributed by atoms with van der Waals surface area (Å²) in [6.07, 6.45) is 0.189. The highest BCUT2D eigenvalue weighted by atomic mass is 35.5. The third-order valence-corrected chi connectivity index (χ3v) is 6.72. The molecule has 3 aromatic rings. The van der Waals surface area contributed by atoms with Gasteiger partial charge in [0.1, 0.15) is 10.7 Å². The van der Waals surface area contributed by atoms with Crippen LogP contribution in [-0.2, 0) is 20.8 Å². The van der Waals surface area contributed by atoms with Crippen molar-refractivity contribution in [3.8, 4) is 0 Å². The summed E-state index contributed by atoms with van der Waals surface area (Å²) in [5.74, 6) is -0.899. The first-order chi connectivity index (χ1) is 17.2. The molecule has 0 aromatic heterocycles. The van der Waals surface area contributed by atoms with E-state index in [0.29, 0.717) is 27.9 Å². The molecule has 0 saturated heterocycles. The van der Waals surface area contributed by atoms with Crippen LogP contribution < -0.4 is 15.5 Å². The van der Waals surface area contributed by atoms with Crippen LogP contribution >= 0.6 is 23.2 Å². The lowest BCUT2D eigenvalue weighted by molar-refractivity contribution is -0.120. The van der Waals surface area contributed by atoms with Crippen LogP contribution in [0.3, 0.4) is 0 Å². The number of imide groups is 1. The monoisotopic (exact) mass is 521 g/mol. The van der Waals surface area contributed by atoms with E-state index in [1.807, 2.05) is 24.3 Å². The van der Waals surface area contributed by atoms with Gasteiger partial charge in [-0.15, -0.1) is 0 Å². The van der Waals surface area contributed by atoms with Crippen LogP contribution in [-0.4, -0.2) is 17.7 Å². The number of hydrogen-bond acceptors (Lipinski definition) is 4. The maximum absolute atomic E-state index is 13.0. The molecule has 2 N–H and O–H groups in total. The van der Waals surface area contributed by atoms with Crippen LogP contribution in [0.1, 0.15) is 36.5 Å². The molecule has 0 bridgehead atoms. The fraction of sp³-hybridized carbons (Fsp3) is 0.179. The van der Waals surface area contributed by atoms with Crippen LogP contribution in [0.15, 0.2) is 77.5 Å². The number of nitrogens with zero attached hydrogens (tertiary/aromatic N) is 1. The Morgan fingerprint density at radius 2 is 1.53 bits per heavy atom. The van der Waals surface area contributed by atoms with E-state index in [9.17, 15) is 14.4 Å². The Kier molecular flexibility index (Phi) is 7.48. The fourth-order valence-corrected chi connectivity index (χ4v) is 4.24. The van der Waals surface area contributed by atoms with Gasteiger partial charge in [0.2, 0.25) is 5.91 Å². The number of rotatable bonds is 7. The number of amides is 3. The molecule has 0 spiro atoms. The average molecular weight is 522 g/mol. The molecule has 6 nitrogen and oxygen atoms in total. The third-order valence-electron chi connectivity index (χ3n) is 5.96. The number of anilines is 3. The zero-order chi connectivity index (χ0) is 26.0. The van der Waals surface area contributed by atoms with E-state index in [0.717, 1.165) is 16.2 Å². The summed E-state index contributed by atoms with van der Waals surface area (Å²) in [6, 6.07) is 19.8. The van der Waals surface area contributed by atoms with Crippen molar-refractivity contribution in [2.24, 2.45) is 0 Å². The van der Waals surface area contributed by atoms with E-state index in [4.69, 9.17) is 23.2 Å². The Balaban J connectivity index is 1.41. The summed E-state index contributed by atoms with van der Waals surface area (Å²) >= 11 is 12.4. The molecule has 0 saturated carbocycles. The van der Waals surface area contributed by atoms with Gasteiger partial charge in [0.15, 0.2) is 0 Å². The van der Waals surface area contributed by atoms with Crippen molar-refractivity contribution in [3.63, 3.8) is 0 Å². The van der Waals surface area contributed by atoms with Crippen molar-refractivity contribution < 1.29 is 14.4 Å². The molecule has 3 aromatic carbocycles. The molecule has 3 amide bonds. The molecule has 0 radical (unpaired) electrons. The molecule has 1 aliphatic rings. The topological polar surface area (TPSA) is 78.5 Å². The van der Waals surface area contributed by atoms with Gasteiger partial charge in [-0.1, -0.05) is 67.4 Å². The summed E-state index contributed by atoms with van der Waals surface area (Å²) < 4.78 is 0. The maximum Gasteiger partial charge on any atom is 0.283 e. The van der Waals surface area contributed by atoms with Gasteiger partial charge in [-0.2, -0.15) is 0 Å². The van der Waals surface area contributed by atoms with Gasteiger partial charge in [0, 0.05) is 16.4 Å². The molecule has 0 fully saturated rings. The first-order valence-corrected chi connectivity index (χ1v) is 12.2. The summed E-state index contributed by atoms with van der Waals surface area (Å²) in [6.45, 7) is 5.97. The van der Waals surface area contributed by atoms with E-state index in [2.05, 4.69) is 24.5 Å². The zero-order valence-corrected chi connectivity index (χ0v) is 21.6. The largest absolute Gasteiger partial charge is 0.350 e.